The van der Waals surface area contributed by atoms with Gasteiger partial charge in [-0.3, -0.25) is 9.89 Å². The third-order valence-electron chi connectivity index (χ3n) is 3.39. The second kappa shape index (κ2) is 4.68. The summed E-state index contributed by atoms with van der Waals surface area (Å²) < 4.78 is 0. The van der Waals surface area contributed by atoms with Crippen LogP contribution in [0.1, 0.15) is 44.9 Å². The number of carboxylic acid groups (broad SMARTS) is 1. The average molecular weight is 255 g/mol. The van der Waals surface area contributed by atoms with E-state index in [9.17, 15) is 4.79 Å². The molecule has 0 bridgehead atoms. The van der Waals surface area contributed by atoms with Crippen LogP contribution in [0.3, 0.4) is 0 Å². The number of H-pyrrole nitrogens is 1. The number of aliphatic carboxylic acids is 1. The molecule has 6 heteroatoms. The lowest BCUT2D eigenvalue weighted by Gasteiger charge is -2.24. The molecule has 0 radical (unpaired) electrons. The highest BCUT2D eigenvalue weighted by Gasteiger charge is 2.37. The van der Waals surface area contributed by atoms with Crippen molar-refractivity contribution in [1.29, 1.82) is 0 Å². The van der Waals surface area contributed by atoms with E-state index in [0.717, 1.165) is 24.0 Å². The van der Waals surface area contributed by atoms with Crippen molar-refractivity contribution in [2.45, 2.75) is 44.2 Å². The number of rotatable bonds is 4. The van der Waals surface area contributed by atoms with Gasteiger partial charge in [-0.25, -0.2) is 4.98 Å². The number of carbonyl (C=O) groups is 1. The van der Waals surface area contributed by atoms with E-state index >= 15 is 0 Å². The smallest absolute Gasteiger partial charge is 0.313 e. The molecule has 0 saturated heterocycles. The van der Waals surface area contributed by atoms with Crippen LogP contribution in [0.4, 0.5) is 0 Å². The average Bonchev–Trinajstić information content (AvgIpc) is 2.80. The normalized spacial score (nSPS) is 22.8. The fourth-order valence-corrected chi connectivity index (χ4v) is 2.96. The van der Waals surface area contributed by atoms with Crippen molar-refractivity contribution in [2.75, 3.05) is 5.75 Å². The van der Waals surface area contributed by atoms with Crippen LogP contribution in [0.5, 0.6) is 0 Å². The minimum Gasteiger partial charge on any atom is -0.481 e. The van der Waals surface area contributed by atoms with Crippen molar-refractivity contribution in [1.82, 2.24) is 15.2 Å². The minimum absolute atomic E-state index is 0.00531. The molecule has 0 amide bonds. The van der Waals surface area contributed by atoms with Gasteiger partial charge in [0.2, 0.25) is 5.16 Å². The molecule has 94 valence electrons. The molecule has 1 fully saturated rings. The first-order valence-electron chi connectivity index (χ1n) is 5.76. The molecule has 0 aromatic carbocycles. The highest BCUT2D eigenvalue weighted by atomic mass is 32.2. The number of aromatic amines is 1. The highest BCUT2D eigenvalue weighted by Crippen LogP contribution is 2.47. The molecule has 1 aromatic heterocycles. The van der Waals surface area contributed by atoms with Gasteiger partial charge in [0, 0.05) is 5.92 Å². The molecule has 17 heavy (non-hydrogen) atoms. The first-order valence-corrected chi connectivity index (χ1v) is 6.74. The second-order valence-electron chi connectivity index (χ2n) is 5.12. The van der Waals surface area contributed by atoms with Crippen molar-refractivity contribution < 1.29 is 9.90 Å². The SMILES string of the molecule is CC1(C)CCCC1c1nc(SCC(=O)O)n[nH]1. The summed E-state index contributed by atoms with van der Waals surface area (Å²) in [6, 6.07) is 0. The lowest BCUT2D eigenvalue weighted by molar-refractivity contribution is -0.133. The summed E-state index contributed by atoms with van der Waals surface area (Å²) in [4.78, 5) is 14.8. The molecule has 1 saturated carbocycles. The van der Waals surface area contributed by atoms with Gasteiger partial charge in [0.05, 0.1) is 5.75 Å². The molecule has 1 unspecified atom stereocenters. The van der Waals surface area contributed by atoms with E-state index in [1.54, 1.807) is 0 Å². The summed E-state index contributed by atoms with van der Waals surface area (Å²) in [7, 11) is 0. The number of thioether (sulfide) groups is 1. The van der Waals surface area contributed by atoms with Crippen LogP contribution in [0.15, 0.2) is 5.16 Å². The maximum Gasteiger partial charge on any atom is 0.313 e. The fraction of sp³-hybridized carbons (Fsp3) is 0.727. The lowest BCUT2D eigenvalue weighted by Crippen LogP contribution is -2.16. The Bertz CT molecular complexity index is 417. The Labute approximate surface area is 104 Å². The quantitative estimate of drug-likeness (QED) is 0.807. The molecule has 0 aliphatic heterocycles. The monoisotopic (exact) mass is 255 g/mol. The molecule has 1 heterocycles. The molecule has 5 nitrogen and oxygen atoms in total. The largest absolute Gasteiger partial charge is 0.481 e. The predicted molar refractivity (Wildman–Crippen MR) is 65.1 cm³/mol. The van der Waals surface area contributed by atoms with E-state index in [4.69, 9.17) is 5.11 Å². The first kappa shape index (κ1) is 12.4. The summed E-state index contributed by atoms with van der Waals surface area (Å²) >= 11 is 1.16. The van der Waals surface area contributed by atoms with Gasteiger partial charge < -0.3 is 5.11 Å². The van der Waals surface area contributed by atoms with E-state index < -0.39 is 5.97 Å². The molecule has 1 aliphatic rings. The van der Waals surface area contributed by atoms with Crippen LogP contribution < -0.4 is 0 Å². The maximum atomic E-state index is 10.5. The van der Waals surface area contributed by atoms with Gasteiger partial charge in [-0.1, -0.05) is 32.0 Å². The molecule has 2 N–H and O–H groups in total. The van der Waals surface area contributed by atoms with Crippen molar-refractivity contribution in [3.8, 4) is 0 Å². The molecule has 0 spiro atoms. The van der Waals surface area contributed by atoms with E-state index in [-0.39, 0.29) is 11.2 Å². The number of hydrogen-bond acceptors (Lipinski definition) is 4. The summed E-state index contributed by atoms with van der Waals surface area (Å²) in [5.74, 6) is 0.475. The minimum atomic E-state index is -0.845. The molecular formula is C11H17N3O2S. The fourth-order valence-electron chi connectivity index (χ4n) is 2.44. The number of nitrogens with zero attached hydrogens (tertiary/aromatic N) is 2. The Kier molecular flexibility index (Phi) is 3.42. The zero-order valence-electron chi connectivity index (χ0n) is 10.1. The van der Waals surface area contributed by atoms with Crippen molar-refractivity contribution in [3.05, 3.63) is 5.82 Å². The highest BCUT2D eigenvalue weighted by molar-refractivity contribution is 7.99. The zero-order valence-corrected chi connectivity index (χ0v) is 10.9. The topological polar surface area (TPSA) is 78.9 Å². The summed E-state index contributed by atoms with van der Waals surface area (Å²) in [6.45, 7) is 4.49. The Morgan fingerprint density at radius 1 is 1.65 bits per heavy atom. The molecule has 1 aromatic rings. The third-order valence-corrected chi connectivity index (χ3v) is 4.23. The molecule has 1 atom stereocenters. The molecule has 1 aliphatic carbocycles. The van der Waals surface area contributed by atoms with Gasteiger partial charge in [-0.05, 0) is 18.3 Å². The van der Waals surface area contributed by atoms with E-state index in [1.807, 2.05) is 0 Å². The van der Waals surface area contributed by atoms with E-state index in [0.29, 0.717) is 11.1 Å². The van der Waals surface area contributed by atoms with Crippen LogP contribution >= 0.6 is 11.8 Å². The van der Waals surface area contributed by atoms with E-state index in [2.05, 4.69) is 29.0 Å². The van der Waals surface area contributed by atoms with Crippen molar-refractivity contribution in [3.63, 3.8) is 0 Å². The van der Waals surface area contributed by atoms with Crippen LogP contribution in [0.25, 0.3) is 0 Å². The Morgan fingerprint density at radius 3 is 3.00 bits per heavy atom. The standard InChI is InChI=1S/C11H17N3O2S/c1-11(2)5-3-4-7(11)9-12-10(14-13-9)17-6-8(15)16/h7H,3-6H2,1-2H3,(H,15,16)(H,12,13,14). The number of hydrogen-bond donors (Lipinski definition) is 2. The van der Waals surface area contributed by atoms with Gasteiger partial charge in [-0.2, -0.15) is 0 Å². The number of carboxylic acids is 1. The lowest BCUT2D eigenvalue weighted by atomic mass is 9.81. The Morgan fingerprint density at radius 2 is 2.41 bits per heavy atom. The Hall–Kier alpha value is -1.04. The molecule has 2 rings (SSSR count). The van der Waals surface area contributed by atoms with Crippen LogP contribution in [0.2, 0.25) is 0 Å². The summed E-state index contributed by atoms with van der Waals surface area (Å²) in [5.41, 5.74) is 0.258. The van der Waals surface area contributed by atoms with Gasteiger partial charge >= 0.3 is 5.97 Å². The van der Waals surface area contributed by atoms with Crippen LogP contribution in [-0.4, -0.2) is 32.0 Å². The van der Waals surface area contributed by atoms with Gasteiger partial charge in [0.25, 0.3) is 0 Å². The van der Waals surface area contributed by atoms with Gasteiger partial charge in [-0.15, -0.1) is 5.10 Å². The predicted octanol–water partition coefficient (Wildman–Crippen LogP) is 2.28. The summed E-state index contributed by atoms with van der Waals surface area (Å²) in [6.07, 6.45) is 3.55. The van der Waals surface area contributed by atoms with Gasteiger partial charge in [0.15, 0.2) is 0 Å². The van der Waals surface area contributed by atoms with Gasteiger partial charge in [0.1, 0.15) is 5.82 Å². The third kappa shape index (κ3) is 2.80. The molecular weight excluding hydrogens is 238 g/mol. The van der Waals surface area contributed by atoms with Crippen molar-refractivity contribution in [2.24, 2.45) is 5.41 Å². The number of nitrogens with one attached hydrogen (secondary N) is 1. The Balaban J connectivity index is 2.05. The van der Waals surface area contributed by atoms with Crippen molar-refractivity contribution >= 4 is 17.7 Å². The first-order chi connectivity index (χ1) is 7.99. The van der Waals surface area contributed by atoms with Crippen LogP contribution in [0, 0.1) is 5.41 Å². The number of aromatic nitrogens is 3. The zero-order chi connectivity index (χ0) is 12.5. The second-order valence-corrected chi connectivity index (χ2v) is 6.06. The van der Waals surface area contributed by atoms with Crippen LogP contribution in [-0.2, 0) is 4.79 Å². The van der Waals surface area contributed by atoms with E-state index in [1.165, 1.54) is 12.8 Å². The summed E-state index contributed by atoms with van der Waals surface area (Å²) in [5, 5.41) is 16.1. The maximum absolute atomic E-state index is 10.5.